The Balaban J connectivity index is 2.25. The standard InChI is InChI=1S/C13H18N2O2S/c14-10-13(6-4-2-1-3-5-7-13)15-11(16)8-18-9-12(15)17/h1-9H2. The molecule has 0 N–H and O–H groups in total. The minimum atomic E-state index is -0.866. The fraction of sp³-hybridized carbons (Fsp3) is 0.769. The van der Waals surface area contributed by atoms with Gasteiger partial charge in [-0.05, 0) is 12.8 Å². The van der Waals surface area contributed by atoms with E-state index in [0.29, 0.717) is 24.3 Å². The Bertz CT molecular complexity index is 365. The van der Waals surface area contributed by atoms with E-state index < -0.39 is 5.54 Å². The second-order valence-corrected chi connectivity index (χ2v) is 6.01. The van der Waals surface area contributed by atoms with E-state index in [1.807, 2.05) is 0 Å². The highest BCUT2D eigenvalue weighted by molar-refractivity contribution is 8.00. The molecule has 1 aliphatic carbocycles. The van der Waals surface area contributed by atoms with Gasteiger partial charge in [-0.1, -0.05) is 32.1 Å². The first-order valence-corrected chi connectivity index (χ1v) is 7.70. The largest absolute Gasteiger partial charge is 0.273 e. The molecule has 5 heteroatoms. The van der Waals surface area contributed by atoms with E-state index in [4.69, 9.17) is 0 Å². The highest BCUT2D eigenvalue weighted by Gasteiger charge is 2.44. The summed E-state index contributed by atoms with van der Waals surface area (Å²) in [6.45, 7) is 0. The molecule has 2 fully saturated rings. The van der Waals surface area contributed by atoms with Gasteiger partial charge >= 0.3 is 0 Å². The number of hydrogen-bond acceptors (Lipinski definition) is 4. The number of amides is 2. The number of imide groups is 1. The van der Waals surface area contributed by atoms with E-state index in [-0.39, 0.29) is 11.8 Å². The maximum atomic E-state index is 12.0. The SMILES string of the molecule is N#CC1(N2C(=O)CSCC2=O)CCCCCCC1. The summed E-state index contributed by atoms with van der Waals surface area (Å²) in [5.74, 6) is 0.293. The highest BCUT2D eigenvalue weighted by atomic mass is 32.2. The molecule has 0 aromatic rings. The summed E-state index contributed by atoms with van der Waals surface area (Å²) in [4.78, 5) is 25.3. The number of nitrogens with zero attached hydrogens (tertiary/aromatic N) is 2. The Kier molecular flexibility index (Phi) is 4.28. The molecular weight excluding hydrogens is 248 g/mol. The summed E-state index contributed by atoms with van der Waals surface area (Å²) in [6.07, 6.45) is 6.52. The number of carbonyl (C=O) groups is 2. The van der Waals surface area contributed by atoms with Crippen molar-refractivity contribution in [2.24, 2.45) is 0 Å². The van der Waals surface area contributed by atoms with Crippen LogP contribution in [0.2, 0.25) is 0 Å². The van der Waals surface area contributed by atoms with E-state index in [0.717, 1.165) is 25.7 Å². The Hall–Kier alpha value is -1.02. The molecule has 1 aliphatic heterocycles. The van der Waals surface area contributed by atoms with E-state index in [1.165, 1.54) is 23.1 Å². The quantitative estimate of drug-likeness (QED) is 0.682. The van der Waals surface area contributed by atoms with Crippen LogP contribution in [0.15, 0.2) is 0 Å². The van der Waals surface area contributed by atoms with Crippen molar-refractivity contribution in [1.82, 2.24) is 4.90 Å². The topological polar surface area (TPSA) is 61.2 Å². The Morgan fingerprint density at radius 3 is 2.00 bits per heavy atom. The van der Waals surface area contributed by atoms with Crippen molar-refractivity contribution in [3.63, 3.8) is 0 Å². The monoisotopic (exact) mass is 266 g/mol. The third-order valence-corrected chi connectivity index (χ3v) is 4.67. The molecule has 2 aliphatic rings. The molecule has 4 nitrogen and oxygen atoms in total. The van der Waals surface area contributed by atoms with Crippen LogP contribution in [-0.4, -0.2) is 33.8 Å². The fourth-order valence-electron chi connectivity index (χ4n) is 2.85. The predicted octanol–water partition coefficient (Wildman–Crippen LogP) is 2.10. The highest BCUT2D eigenvalue weighted by Crippen LogP contribution is 2.33. The summed E-state index contributed by atoms with van der Waals surface area (Å²) in [7, 11) is 0. The normalized spacial score (nSPS) is 25.2. The summed E-state index contributed by atoms with van der Waals surface area (Å²) in [6, 6.07) is 2.29. The van der Waals surface area contributed by atoms with Crippen molar-refractivity contribution in [3.8, 4) is 6.07 Å². The molecule has 1 saturated carbocycles. The third kappa shape index (κ3) is 2.54. The molecule has 0 bridgehead atoms. The van der Waals surface area contributed by atoms with Gasteiger partial charge in [0.2, 0.25) is 11.8 Å². The van der Waals surface area contributed by atoms with Crippen LogP contribution in [0.3, 0.4) is 0 Å². The molecule has 0 atom stereocenters. The molecule has 98 valence electrons. The van der Waals surface area contributed by atoms with Gasteiger partial charge in [0.05, 0.1) is 17.6 Å². The Labute approximate surface area is 112 Å². The lowest BCUT2D eigenvalue weighted by Crippen LogP contribution is -2.57. The average Bonchev–Trinajstić information content (AvgIpc) is 2.31. The summed E-state index contributed by atoms with van der Waals surface area (Å²) < 4.78 is 0. The predicted molar refractivity (Wildman–Crippen MR) is 69.8 cm³/mol. The lowest BCUT2D eigenvalue weighted by atomic mass is 9.83. The molecule has 1 saturated heterocycles. The van der Waals surface area contributed by atoms with Crippen LogP contribution in [-0.2, 0) is 9.59 Å². The first kappa shape index (κ1) is 13.4. The average molecular weight is 266 g/mol. The zero-order chi connectivity index (χ0) is 13.0. The van der Waals surface area contributed by atoms with Crippen LogP contribution < -0.4 is 0 Å². The van der Waals surface area contributed by atoms with Crippen molar-refractivity contribution in [3.05, 3.63) is 0 Å². The van der Waals surface area contributed by atoms with Crippen LogP contribution in [0.25, 0.3) is 0 Å². The van der Waals surface area contributed by atoms with Gasteiger partial charge in [0.25, 0.3) is 0 Å². The lowest BCUT2D eigenvalue weighted by molar-refractivity contribution is -0.148. The van der Waals surface area contributed by atoms with Crippen LogP contribution >= 0.6 is 11.8 Å². The maximum absolute atomic E-state index is 12.0. The molecule has 18 heavy (non-hydrogen) atoms. The van der Waals surface area contributed by atoms with Gasteiger partial charge in [-0.15, -0.1) is 11.8 Å². The molecule has 0 radical (unpaired) electrons. The number of nitriles is 1. The molecule has 2 amide bonds. The van der Waals surface area contributed by atoms with Gasteiger partial charge in [-0.3, -0.25) is 14.5 Å². The molecule has 2 rings (SSSR count). The first-order valence-electron chi connectivity index (χ1n) is 6.54. The van der Waals surface area contributed by atoms with Crippen LogP contribution in [0.1, 0.15) is 44.9 Å². The van der Waals surface area contributed by atoms with Crippen molar-refractivity contribution in [2.45, 2.75) is 50.5 Å². The zero-order valence-corrected chi connectivity index (χ0v) is 11.3. The van der Waals surface area contributed by atoms with Gasteiger partial charge in [-0.2, -0.15) is 5.26 Å². The van der Waals surface area contributed by atoms with Gasteiger partial charge in [0, 0.05) is 0 Å². The van der Waals surface area contributed by atoms with Crippen molar-refractivity contribution >= 4 is 23.6 Å². The van der Waals surface area contributed by atoms with Crippen LogP contribution in [0.4, 0.5) is 0 Å². The van der Waals surface area contributed by atoms with E-state index in [9.17, 15) is 14.9 Å². The molecule has 0 unspecified atom stereocenters. The van der Waals surface area contributed by atoms with Gasteiger partial charge in [0.1, 0.15) is 5.54 Å². The maximum Gasteiger partial charge on any atom is 0.240 e. The van der Waals surface area contributed by atoms with Crippen molar-refractivity contribution in [1.29, 1.82) is 5.26 Å². The lowest BCUT2D eigenvalue weighted by Gasteiger charge is -2.40. The third-order valence-electron chi connectivity index (χ3n) is 3.77. The number of hydrogen-bond donors (Lipinski definition) is 0. The fourth-order valence-corrected chi connectivity index (χ4v) is 3.56. The van der Waals surface area contributed by atoms with Crippen LogP contribution in [0, 0.1) is 11.3 Å². The summed E-state index contributed by atoms with van der Waals surface area (Å²) >= 11 is 1.35. The van der Waals surface area contributed by atoms with Gasteiger partial charge < -0.3 is 0 Å². The van der Waals surface area contributed by atoms with Crippen molar-refractivity contribution < 1.29 is 9.59 Å². The number of carbonyl (C=O) groups excluding carboxylic acids is 2. The smallest absolute Gasteiger partial charge is 0.240 e. The Morgan fingerprint density at radius 1 is 1.00 bits per heavy atom. The molecule has 1 heterocycles. The minimum Gasteiger partial charge on any atom is -0.273 e. The van der Waals surface area contributed by atoms with E-state index in [2.05, 4.69) is 6.07 Å². The molecule has 0 aromatic heterocycles. The minimum absolute atomic E-state index is 0.182. The molecule has 0 spiro atoms. The van der Waals surface area contributed by atoms with E-state index in [1.54, 1.807) is 0 Å². The van der Waals surface area contributed by atoms with Crippen LogP contribution in [0.5, 0.6) is 0 Å². The van der Waals surface area contributed by atoms with Gasteiger partial charge in [-0.25, -0.2) is 0 Å². The molecule has 0 aromatic carbocycles. The van der Waals surface area contributed by atoms with Crippen molar-refractivity contribution in [2.75, 3.05) is 11.5 Å². The second kappa shape index (κ2) is 5.75. The zero-order valence-electron chi connectivity index (χ0n) is 10.5. The van der Waals surface area contributed by atoms with Gasteiger partial charge in [0.15, 0.2) is 0 Å². The molecular formula is C13H18N2O2S. The number of rotatable bonds is 1. The summed E-state index contributed by atoms with van der Waals surface area (Å²) in [5.41, 5.74) is -0.866. The second-order valence-electron chi connectivity index (χ2n) is 5.03. The number of thioether (sulfide) groups is 1. The first-order chi connectivity index (χ1) is 8.69. The van der Waals surface area contributed by atoms with E-state index >= 15 is 0 Å². The summed E-state index contributed by atoms with van der Waals surface area (Å²) in [5, 5.41) is 9.54. The Morgan fingerprint density at radius 2 is 1.50 bits per heavy atom.